The van der Waals surface area contributed by atoms with Gasteiger partial charge in [-0.05, 0) is 0 Å². The minimum atomic E-state index is -2.97. The molecule has 1 amide bonds. The molecule has 1 aliphatic rings. The number of nitrogens with one attached hydrogen (secondary N) is 2. The van der Waals surface area contributed by atoms with E-state index in [1.54, 1.807) is 7.11 Å². The van der Waals surface area contributed by atoms with E-state index < -0.39 is 9.84 Å². The second-order valence-corrected chi connectivity index (χ2v) is 6.04. The number of amides is 1. The highest BCUT2D eigenvalue weighted by Gasteiger charge is 2.25. The van der Waals surface area contributed by atoms with Crippen molar-refractivity contribution in [3.63, 3.8) is 0 Å². The molecule has 1 heterocycles. The van der Waals surface area contributed by atoms with Crippen molar-refractivity contribution in [2.75, 3.05) is 38.3 Å². The molecule has 1 aliphatic heterocycles. The van der Waals surface area contributed by atoms with Gasteiger partial charge in [0.1, 0.15) is 0 Å². The maximum Gasteiger partial charge on any atom is 0.221 e. The number of sulfone groups is 1. The molecule has 7 heteroatoms. The molecule has 1 saturated heterocycles. The van der Waals surface area contributed by atoms with E-state index in [1.807, 2.05) is 0 Å². The van der Waals surface area contributed by atoms with Crippen LogP contribution in [0, 0.1) is 0 Å². The van der Waals surface area contributed by atoms with Crippen molar-refractivity contribution < 1.29 is 17.9 Å². The minimum Gasteiger partial charge on any atom is -0.383 e. The van der Waals surface area contributed by atoms with Crippen molar-refractivity contribution in [2.24, 2.45) is 0 Å². The summed E-state index contributed by atoms with van der Waals surface area (Å²) in [5, 5.41) is 5.68. The van der Waals surface area contributed by atoms with Gasteiger partial charge < -0.3 is 15.4 Å². The summed E-state index contributed by atoms with van der Waals surface area (Å²) in [4.78, 5) is 11.4. The molecular weight excluding hydrogens is 232 g/mol. The zero-order valence-corrected chi connectivity index (χ0v) is 10.2. The summed E-state index contributed by atoms with van der Waals surface area (Å²) in [6.45, 7) is 1.34. The van der Waals surface area contributed by atoms with Crippen molar-refractivity contribution in [3.8, 4) is 0 Å². The van der Waals surface area contributed by atoms with Crippen molar-refractivity contribution in [2.45, 2.75) is 12.5 Å². The lowest BCUT2D eigenvalue weighted by Crippen LogP contribution is -2.47. The van der Waals surface area contributed by atoms with E-state index in [2.05, 4.69) is 10.6 Å². The molecule has 6 nitrogen and oxygen atoms in total. The number of rotatable bonds is 5. The predicted molar refractivity (Wildman–Crippen MR) is 59.9 cm³/mol. The van der Waals surface area contributed by atoms with Crippen LogP contribution in [0.15, 0.2) is 0 Å². The first-order chi connectivity index (χ1) is 7.53. The average Bonchev–Trinajstić information content (AvgIpc) is 2.16. The standard InChI is InChI=1S/C9H18N2O4S/c1-15-4-2-11-9(12)6-8-7-16(13,14)5-3-10-8/h8,10H,2-7H2,1H3,(H,11,12). The van der Waals surface area contributed by atoms with Gasteiger partial charge in [0.05, 0.1) is 18.1 Å². The van der Waals surface area contributed by atoms with Crippen LogP contribution in [0.25, 0.3) is 0 Å². The van der Waals surface area contributed by atoms with Gasteiger partial charge in [0.25, 0.3) is 0 Å². The highest BCUT2D eigenvalue weighted by molar-refractivity contribution is 7.91. The lowest BCUT2D eigenvalue weighted by molar-refractivity contribution is -0.121. The Morgan fingerprint density at radius 2 is 2.31 bits per heavy atom. The van der Waals surface area contributed by atoms with Gasteiger partial charge in [-0.2, -0.15) is 0 Å². The van der Waals surface area contributed by atoms with E-state index in [0.717, 1.165) is 0 Å². The van der Waals surface area contributed by atoms with Gasteiger partial charge in [0, 0.05) is 32.7 Å². The topological polar surface area (TPSA) is 84.5 Å². The maximum absolute atomic E-state index is 11.4. The van der Waals surface area contributed by atoms with Crippen LogP contribution in [0.4, 0.5) is 0 Å². The molecule has 0 aromatic carbocycles. The van der Waals surface area contributed by atoms with Crippen molar-refractivity contribution in [3.05, 3.63) is 0 Å². The lowest BCUT2D eigenvalue weighted by atomic mass is 10.2. The Kier molecular flexibility index (Phi) is 5.17. The third-order valence-corrected chi connectivity index (χ3v) is 4.10. The fraction of sp³-hybridized carbons (Fsp3) is 0.889. The van der Waals surface area contributed by atoms with Gasteiger partial charge in [-0.15, -0.1) is 0 Å². The van der Waals surface area contributed by atoms with Gasteiger partial charge in [-0.1, -0.05) is 0 Å². The summed E-state index contributed by atoms with van der Waals surface area (Å²) in [6, 6.07) is -0.263. The quantitative estimate of drug-likeness (QED) is 0.582. The van der Waals surface area contributed by atoms with Crippen LogP contribution in [-0.2, 0) is 19.4 Å². The molecule has 1 atom stereocenters. The zero-order chi connectivity index (χ0) is 12.0. The zero-order valence-electron chi connectivity index (χ0n) is 9.36. The van der Waals surface area contributed by atoms with E-state index >= 15 is 0 Å². The largest absolute Gasteiger partial charge is 0.383 e. The first kappa shape index (κ1) is 13.4. The fourth-order valence-corrected chi connectivity index (χ4v) is 3.03. The summed E-state index contributed by atoms with van der Waals surface area (Å²) in [6.07, 6.45) is 0.197. The second kappa shape index (κ2) is 6.17. The summed E-state index contributed by atoms with van der Waals surface area (Å²) in [5.74, 6) is 0.0612. The molecule has 1 fully saturated rings. The van der Waals surface area contributed by atoms with Crippen molar-refractivity contribution >= 4 is 15.7 Å². The first-order valence-corrected chi connectivity index (χ1v) is 7.05. The van der Waals surface area contributed by atoms with Crippen molar-refractivity contribution in [1.82, 2.24) is 10.6 Å². The SMILES string of the molecule is COCCNC(=O)CC1CS(=O)(=O)CCN1. The molecule has 0 aromatic heterocycles. The Balaban J connectivity index is 2.28. The van der Waals surface area contributed by atoms with Gasteiger partial charge in [0.2, 0.25) is 5.91 Å². The number of hydrogen-bond donors (Lipinski definition) is 2. The van der Waals surface area contributed by atoms with Crippen LogP contribution in [0.1, 0.15) is 6.42 Å². The number of methoxy groups -OCH3 is 1. The molecule has 94 valence electrons. The molecule has 16 heavy (non-hydrogen) atoms. The Hall–Kier alpha value is -0.660. The number of carbonyl (C=O) groups excluding carboxylic acids is 1. The third-order valence-electron chi connectivity index (χ3n) is 2.36. The summed E-state index contributed by atoms with van der Waals surface area (Å²) in [7, 11) is -1.41. The van der Waals surface area contributed by atoms with Crippen LogP contribution < -0.4 is 10.6 Å². The fourth-order valence-electron chi connectivity index (χ4n) is 1.59. The molecule has 0 aromatic rings. The van der Waals surface area contributed by atoms with Gasteiger partial charge in [-0.3, -0.25) is 4.79 Å². The van der Waals surface area contributed by atoms with Gasteiger partial charge >= 0.3 is 0 Å². The first-order valence-electron chi connectivity index (χ1n) is 5.23. The Bertz CT molecular complexity index is 328. The monoisotopic (exact) mass is 250 g/mol. The normalized spacial score (nSPS) is 23.9. The van der Waals surface area contributed by atoms with Crippen LogP contribution in [0.2, 0.25) is 0 Å². The Labute approximate surface area is 95.7 Å². The minimum absolute atomic E-state index is 0.0463. The highest BCUT2D eigenvalue weighted by atomic mass is 32.2. The smallest absolute Gasteiger partial charge is 0.221 e. The highest BCUT2D eigenvalue weighted by Crippen LogP contribution is 2.04. The summed E-state index contributed by atoms with van der Waals surface area (Å²) in [5.41, 5.74) is 0. The number of ether oxygens (including phenoxy) is 1. The summed E-state index contributed by atoms with van der Waals surface area (Å²) < 4.78 is 27.4. The van der Waals surface area contributed by atoms with E-state index in [1.165, 1.54) is 0 Å². The van der Waals surface area contributed by atoms with Crippen LogP contribution >= 0.6 is 0 Å². The number of hydrogen-bond acceptors (Lipinski definition) is 5. The van der Waals surface area contributed by atoms with Crippen molar-refractivity contribution in [1.29, 1.82) is 0 Å². The lowest BCUT2D eigenvalue weighted by Gasteiger charge is -2.23. The van der Waals surface area contributed by atoms with E-state index in [0.29, 0.717) is 19.7 Å². The molecule has 0 saturated carbocycles. The molecule has 0 radical (unpaired) electrons. The van der Waals surface area contributed by atoms with Crippen LogP contribution in [0.3, 0.4) is 0 Å². The molecule has 1 unspecified atom stereocenters. The molecule has 2 N–H and O–H groups in total. The Morgan fingerprint density at radius 1 is 1.56 bits per heavy atom. The maximum atomic E-state index is 11.4. The molecular formula is C9H18N2O4S. The van der Waals surface area contributed by atoms with Crippen LogP contribution in [0.5, 0.6) is 0 Å². The number of carbonyl (C=O) groups is 1. The molecule has 0 spiro atoms. The van der Waals surface area contributed by atoms with E-state index in [-0.39, 0.29) is 29.9 Å². The Morgan fingerprint density at radius 3 is 2.94 bits per heavy atom. The van der Waals surface area contributed by atoms with Crippen LogP contribution in [-0.4, -0.2) is 58.7 Å². The van der Waals surface area contributed by atoms with E-state index in [4.69, 9.17) is 4.74 Å². The van der Waals surface area contributed by atoms with Gasteiger partial charge in [0.15, 0.2) is 9.84 Å². The average molecular weight is 250 g/mol. The third kappa shape index (κ3) is 4.91. The molecule has 0 aliphatic carbocycles. The second-order valence-electron chi connectivity index (χ2n) is 3.81. The van der Waals surface area contributed by atoms with Gasteiger partial charge in [-0.25, -0.2) is 8.42 Å². The predicted octanol–water partition coefficient (Wildman–Crippen LogP) is -1.47. The van der Waals surface area contributed by atoms with E-state index in [9.17, 15) is 13.2 Å². The molecule has 0 bridgehead atoms. The summed E-state index contributed by atoms with van der Waals surface area (Å²) >= 11 is 0. The molecule has 1 rings (SSSR count).